The van der Waals surface area contributed by atoms with Gasteiger partial charge in [0.05, 0.1) is 5.02 Å². The minimum absolute atomic E-state index is 0.0263. The maximum atomic E-state index is 13.2. The number of anilines is 1. The maximum absolute atomic E-state index is 13.2. The lowest BCUT2D eigenvalue weighted by Gasteiger charge is -2.08. The van der Waals surface area contributed by atoms with E-state index in [9.17, 15) is 13.2 Å². The van der Waals surface area contributed by atoms with Crippen LogP contribution in [0, 0.1) is 5.82 Å². The summed E-state index contributed by atoms with van der Waals surface area (Å²) in [5, 5.41) is 3.00. The molecule has 2 aromatic carbocycles. The molecule has 1 nitrogen and oxygen atoms in total. The van der Waals surface area contributed by atoms with Gasteiger partial charge in [0, 0.05) is 17.8 Å². The number of nitrogens with one attached hydrogen (secondary N) is 1. The highest BCUT2D eigenvalue weighted by molar-refractivity contribution is 6.30. The maximum Gasteiger partial charge on any atom is 0.263 e. The topological polar surface area (TPSA) is 12.0 Å². The van der Waals surface area contributed by atoms with Gasteiger partial charge in [0.2, 0.25) is 0 Å². The first-order valence-electron chi connectivity index (χ1n) is 5.62. The van der Waals surface area contributed by atoms with Gasteiger partial charge in [-0.2, -0.15) is 0 Å². The first-order valence-corrected chi connectivity index (χ1v) is 6.00. The van der Waals surface area contributed by atoms with E-state index in [-0.39, 0.29) is 10.6 Å². The van der Waals surface area contributed by atoms with Crippen LogP contribution in [0.25, 0.3) is 0 Å². The van der Waals surface area contributed by atoms with Crippen molar-refractivity contribution in [2.75, 3.05) is 5.32 Å². The molecule has 0 saturated carbocycles. The Labute approximate surface area is 114 Å². The van der Waals surface area contributed by atoms with Crippen molar-refractivity contribution in [2.24, 2.45) is 0 Å². The highest BCUT2D eigenvalue weighted by Gasteiger charge is 2.07. The third-order valence-corrected chi connectivity index (χ3v) is 2.93. The van der Waals surface area contributed by atoms with Crippen LogP contribution in [0.4, 0.5) is 18.9 Å². The van der Waals surface area contributed by atoms with Crippen molar-refractivity contribution in [1.82, 2.24) is 0 Å². The molecule has 100 valence electrons. The van der Waals surface area contributed by atoms with Gasteiger partial charge in [0.15, 0.2) is 0 Å². The van der Waals surface area contributed by atoms with Gasteiger partial charge in [0.1, 0.15) is 5.82 Å². The summed E-state index contributed by atoms with van der Waals surface area (Å²) < 4.78 is 38.2. The van der Waals surface area contributed by atoms with E-state index >= 15 is 0 Å². The van der Waals surface area contributed by atoms with Gasteiger partial charge in [-0.1, -0.05) is 29.8 Å². The minimum atomic E-state index is -2.49. The van der Waals surface area contributed by atoms with E-state index in [2.05, 4.69) is 5.32 Å². The quantitative estimate of drug-likeness (QED) is 0.831. The molecule has 0 aliphatic rings. The molecule has 0 aliphatic heterocycles. The van der Waals surface area contributed by atoms with Crippen LogP contribution in [-0.4, -0.2) is 0 Å². The fraction of sp³-hybridized carbons (Fsp3) is 0.143. The molecule has 2 aromatic rings. The smallest absolute Gasteiger partial charge is 0.263 e. The van der Waals surface area contributed by atoms with E-state index in [1.807, 2.05) is 0 Å². The average Bonchev–Trinajstić information content (AvgIpc) is 2.40. The Kier molecular flexibility index (Phi) is 4.32. The van der Waals surface area contributed by atoms with Crippen LogP contribution in [0.5, 0.6) is 0 Å². The first-order chi connectivity index (χ1) is 9.06. The second-order valence-corrected chi connectivity index (χ2v) is 4.44. The predicted octanol–water partition coefficient (Wildman–Crippen LogP) is 5.03. The molecule has 1 N–H and O–H groups in total. The van der Waals surface area contributed by atoms with Gasteiger partial charge >= 0.3 is 0 Å². The van der Waals surface area contributed by atoms with Gasteiger partial charge in [-0.05, 0) is 29.8 Å². The largest absolute Gasteiger partial charge is 0.381 e. The van der Waals surface area contributed by atoms with Crippen LogP contribution >= 0.6 is 11.6 Å². The molecule has 0 radical (unpaired) electrons. The SMILES string of the molecule is Fc1cc(NCc2cccc(C(F)F)c2)ccc1Cl. The fourth-order valence-corrected chi connectivity index (χ4v) is 1.77. The molecular weight excluding hydrogens is 275 g/mol. The number of benzene rings is 2. The molecule has 0 aromatic heterocycles. The van der Waals surface area contributed by atoms with Crippen molar-refractivity contribution >= 4 is 17.3 Å². The molecule has 0 heterocycles. The normalized spacial score (nSPS) is 10.8. The molecule has 0 unspecified atom stereocenters. The van der Waals surface area contributed by atoms with E-state index in [1.165, 1.54) is 24.3 Å². The predicted molar refractivity (Wildman–Crippen MR) is 70.1 cm³/mol. The van der Waals surface area contributed by atoms with E-state index in [1.54, 1.807) is 18.2 Å². The van der Waals surface area contributed by atoms with Crippen molar-refractivity contribution < 1.29 is 13.2 Å². The summed E-state index contributed by atoms with van der Waals surface area (Å²) in [6, 6.07) is 10.4. The molecule has 2 rings (SSSR count). The average molecular weight is 286 g/mol. The number of halogens is 4. The highest BCUT2D eigenvalue weighted by atomic mass is 35.5. The van der Waals surface area contributed by atoms with Gasteiger partial charge in [0.25, 0.3) is 6.43 Å². The molecule has 0 spiro atoms. The van der Waals surface area contributed by atoms with E-state index in [0.29, 0.717) is 17.8 Å². The number of hydrogen-bond donors (Lipinski definition) is 1. The monoisotopic (exact) mass is 285 g/mol. The summed E-state index contributed by atoms with van der Waals surface area (Å²) >= 11 is 5.57. The molecule has 0 atom stereocenters. The molecule has 0 fully saturated rings. The third-order valence-electron chi connectivity index (χ3n) is 2.62. The van der Waals surface area contributed by atoms with Crippen LogP contribution in [-0.2, 0) is 6.54 Å². The summed E-state index contributed by atoms with van der Waals surface area (Å²) in [4.78, 5) is 0. The molecule has 0 saturated heterocycles. The van der Waals surface area contributed by atoms with Gasteiger partial charge in [-0.25, -0.2) is 13.2 Å². The molecule has 0 aliphatic carbocycles. The van der Waals surface area contributed by atoms with Crippen molar-refractivity contribution in [3.8, 4) is 0 Å². The summed E-state index contributed by atoms with van der Waals surface area (Å²) in [5.74, 6) is -0.520. The fourth-order valence-electron chi connectivity index (χ4n) is 1.65. The number of alkyl halides is 2. The number of rotatable bonds is 4. The Morgan fingerprint density at radius 2 is 1.89 bits per heavy atom. The van der Waals surface area contributed by atoms with E-state index < -0.39 is 12.2 Å². The Balaban J connectivity index is 2.05. The van der Waals surface area contributed by atoms with Gasteiger partial charge < -0.3 is 5.32 Å². The number of hydrogen-bond acceptors (Lipinski definition) is 1. The zero-order valence-corrected chi connectivity index (χ0v) is 10.6. The highest BCUT2D eigenvalue weighted by Crippen LogP contribution is 2.21. The zero-order valence-electron chi connectivity index (χ0n) is 9.84. The zero-order chi connectivity index (χ0) is 13.8. The Morgan fingerprint density at radius 3 is 2.58 bits per heavy atom. The standard InChI is InChI=1S/C14H11ClF3N/c15-12-5-4-11(7-13(12)16)19-8-9-2-1-3-10(6-9)14(17)18/h1-7,14,19H,8H2. The first kappa shape index (κ1) is 13.7. The van der Waals surface area contributed by atoms with Crippen molar-refractivity contribution in [1.29, 1.82) is 0 Å². The molecule has 0 amide bonds. The van der Waals surface area contributed by atoms with E-state index in [0.717, 1.165) is 0 Å². The lowest BCUT2D eigenvalue weighted by Crippen LogP contribution is -2.00. The van der Waals surface area contributed by atoms with Gasteiger partial charge in [-0.3, -0.25) is 0 Å². The van der Waals surface area contributed by atoms with Crippen molar-refractivity contribution in [3.05, 3.63) is 64.4 Å². The Hall–Kier alpha value is -1.68. The van der Waals surface area contributed by atoms with Crippen molar-refractivity contribution in [3.63, 3.8) is 0 Å². The molecular formula is C14H11ClF3N. The summed E-state index contributed by atoms with van der Waals surface area (Å²) in [6.45, 7) is 0.335. The van der Waals surface area contributed by atoms with Crippen LogP contribution in [0.2, 0.25) is 5.02 Å². The minimum Gasteiger partial charge on any atom is -0.381 e. The van der Waals surface area contributed by atoms with Crippen LogP contribution in [0.15, 0.2) is 42.5 Å². The Bertz CT molecular complexity index is 572. The van der Waals surface area contributed by atoms with Crippen molar-refractivity contribution in [2.45, 2.75) is 13.0 Å². The lowest BCUT2D eigenvalue weighted by atomic mass is 10.1. The second kappa shape index (κ2) is 5.97. The van der Waals surface area contributed by atoms with Gasteiger partial charge in [-0.15, -0.1) is 0 Å². The molecule has 19 heavy (non-hydrogen) atoms. The molecule has 0 bridgehead atoms. The summed E-state index contributed by atoms with van der Waals surface area (Å²) in [6.07, 6.45) is -2.49. The lowest BCUT2D eigenvalue weighted by molar-refractivity contribution is 0.151. The van der Waals surface area contributed by atoms with Crippen LogP contribution in [0.3, 0.4) is 0 Å². The summed E-state index contributed by atoms with van der Waals surface area (Å²) in [5.41, 5.74) is 1.22. The van der Waals surface area contributed by atoms with Crippen LogP contribution in [0.1, 0.15) is 17.6 Å². The van der Waals surface area contributed by atoms with E-state index in [4.69, 9.17) is 11.6 Å². The van der Waals surface area contributed by atoms with Crippen LogP contribution < -0.4 is 5.32 Å². The Morgan fingerprint density at radius 1 is 1.11 bits per heavy atom. The third kappa shape index (κ3) is 3.64. The molecule has 5 heteroatoms. The summed E-state index contributed by atoms with van der Waals surface area (Å²) in [7, 11) is 0. The second-order valence-electron chi connectivity index (χ2n) is 4.03.